The first kappa shape index (κ1) is 12.8. The summed E-state index contributed by atoms with van der Waals surface area (Å²) in [7, 11) is 0. The highest BCUT2D eigenvalue weighted by atomic mass is 16.2. The molecule has 2 aliphatic heterocycles. The third-order valence-electron chi connectivity index (χ3n) is 4.01. The Hall–Kier alpha value is -0.610. The van der Waals surface area contributed by atoms with Crippen LogP contribution in [0.2, 0.25) is 0 Å². The van der Waals surface area contributed by atoms with Crippen molar-refractivity contribution < 1.29 is 10.1 Å². The molecule has 0 aromatic rings. The zero-order chi connectivity index (χ0) is 12.1. The number of amides is 1. The molecule has 1 amide bonds. The molecule has 2 saturated heterocycles. The van der Waals surface area contributed by atoms with Crippen LogP contribution >= 0.6 is 0 Å². The maximum absolute atomic E-state index is 12.3. The zero-order valence-electron chi connectivity index (χ0n) is 11.0. The van der Waals surface area contributed by atoms with E-state index in [1.165, 1.54) is 13.0 Å². The summed E-state index contributed by atoms with van der Waals surface area (Å²) in [5.74, 6) is 0.743. The molecule has 4 heteroatoms. The fraction of sp³-hybridized carbons (Fsp3) is 0.923. The van der Waals surface area contributed by atoms with E-state index >= 15 is 0 Å². The smallest absolute Gasteiger partial charge is 0.226 e. The molecule has 0 radical (unpaired) electrons. The van der Waals surface area contributed by atoms with Crippen LogP contribution in [0, 0.1) is 5.92 Å². The first-order valence-corrected chi connectivity index (χ1v) is 7.14. The van der Waals surface area contributed by atoms with E-state index in [4.69, 9.17) is 0 Å². The van der Waals surface area contributed by atoms with Crippen molar-refractivity contribution in [3.05, 3.63) is 0 Å². The summed E-state index contributed by atoms with van der Waals surface area (Å²) in [6.07, 6.45) is 3.37. The lowest BCUT2D eigenvalue weighted by Gasteiger charge is -2.36. The Morgan fingerprint density at radius 2 is 1.82 bits per heavy atom. The quantitative estimate of drug-likeness (QED) is 0.723. The molecule has 0 atom stereocenters. The standard InChI is InChI=1S/C13H25N3O/c1-2-7-15-8-10-16(11-9-15)13(17)12-3-5-14-6-4-12/h12,14H,2-11H2,1H3/p+1. The van der Waals surface area contributed by atoms with Gasteiger partial charge in [0.25, 0.3) is 0 Å². The average molecular weight is 240 g/mol. The Morgan fingerprint density at radius 1 is 1.18 bits per heavy atom. The van der Waals surface area contributed by atoms with Crippen LogP contribution in [0.5, 0.6) is 0 Å². The topological polar surface area (TPSA) is 40.2 Å². The molecule has 2 N–H and O–H groups in total. The Bertz CT molecular complexity index is 243. The summed E-state index contributed by atoms with van der Waals surface area (Å²) in [5, 5.41) is 2.32. The summed E-state index contributed by atoms with van der Waals surface area (Å²) >= 11 is 0. The van der Waals surface area contributed by atoms with Crippen molar-refractivity contribution in [1.82, 2.24) is 9.80 Å². The van der Waals surface area contributed by atoms with E-state index < -0.39 is 0 Å². The van der Waals surface area contributed by atoms with Gasteiger partial charge in [0.1, 0.15) is 0 Å². The van der Waals surface area contributed by atoms with E-state index in [-0.39, 0.29) is 0 Å². The SMILES string of the molecule is CCCN1CCN(C(=O)C2CC[NH2+]CC2)CC1. The fourth-order valence-corrected chi connectivity index (χ4v) is 2.94. The van der Waals surface area contributed by atoms with Gasteiger partial charge >= 0.3 is 0 Å². The van der Waals surface area contributed by atoms with Crippen LogP contribution in [0.1, 0.15) is 26.2 Å². The van der Waals surface area contributed by atoms with Crippen LogP contribution in [0.3, 0.4) is 0 Å². The lowest BCUT2D eigenvalue weighted by molar-refractivity contribution is -0.664. The summed E-state index contributed by atoms with van der Waals surface area (Å²) in [4.78, 5) is 16.9. The van der Waals surface area contributed by atoms with Gasteiger partial charge in [-0.15, -0.1) is 0 Å². The molecular formula is C13H26N3O+. The van der Waals surface area contributed by atoms with Crippen molar-refractivity contribution >= 4 is 5.91 Å². The number of nitrogens with two attached hydrogens (primary N) is 1. The van der Waals surface area contributed by atoms with Gasteiger partial charge < -0.3 is 10.2 Å². The summed E-state index contributed by atoms with van der Waals surface area (Å²) in [6, 6.07) is 0. The van der Waals surface area contributed by atoms with Crippen molar-refractivity contribution in [2.75, 3.05) is 45.8 Å². The van der Waals surface area contributed by atoms with Gasteiger partial charge in [-0.3, -0.25) is 9.69 Å². The second-order valence-corrected chi connectivity index (χ2v) is 5.31. The van der Waals surface area contributed by atoms with Gasteiger partial charge in [0.15, 0.2) is 0 Å². The van der Waals surface area contributed by atoms with Gasteiger partial charge in [-0.2, -0.15) is 0 Å². The Balaban J connectivity index is 1.77. The lowest BCUT2D eigenvalue weighted by Crippen LogP contribution is -2.86. The van der Waals surface area contributed by atoms with E-state index in [0.717, 1.165) is 52.1 Å². The van der Waals surface area contributed by atoms with E-state index in [2.05, 4.69) is 22.0 Å². The zero-order valence-corrected chi connectivity index (χ0v) is 11.0. The molecular weight excluding hydrogens is 214 g/mol. The second kappa shape index (κ2) is 6.36. The molecule has 17 heavy (non-hydrogen) atoms. The van der Waals surface area contributed by atoms with Crippen LogP contribution in [0.15, 0.2) is 0 Å². The maximum atomic E-state index is 12.3. The number of nitrogens with zero attached hydrogens (tertiary/aromatic N) is 2. The predicted molar refractivity (Wildman–Crippen MR) is 67.7 cm³/mol. The fourth-order valence-electron chi connectivity index (χ4n) is 2.94. The molecule has 2 fully saturated rings. The van der Waals surface area contributed by atoms with Gasteiger partial charge in [-0.25, -0.2) is 0 Å². The number of piperazine rings is 1. The molecule has 0 aromatic heterocycles. The molecule has 2 rings (SSSR count). The number of carbonyl (C=O) groups is 1. The van der Waals surface area contributed by atoms with Crippen LogP contribution in [-0.4, -0.2) is 61.5 Å². The van der Waals surface area contributed by atoms with Crippen molar-refractivity contribution in [3.63, 3.8) is 0 Å². The minimum atomic E-state index is 0.317. The Morgan fingerprint density at radius 3 is 2.41 bits per heavy atom. The predicted octanol–water partition coefficient (Wildman–Crippen LogP) is -0.486. The molecule has 4 nitrogen and oxygen atoms in total. The van der Waals surface area contributed by atoms with Gasteiger partial charge in [-0.05, 0) is 13.0 Å². The number of hydrogen-bond donors (Lipinski definition) is 1. The molecule has 98 valence electrons. The van der Waals surface area contributed by atoms with E-state index in [0.29, 0.717) is 11.8 Å². The van der Waals surface area contributed by atoms with Gasteiger partial charge in [-0.1, -0.05) is 6.92 Å². The molecule has 0 unspecified atom stereocenters. The molecule has 0 bridgehead atoms. The third-order valence-corrected chi connectivity index (χ3v) is 4.01. The van der Waals surface area contributed by atoms with Crippen LogP contribution < -0.4 is 5.32 Å². The highest BCUT2D eigenvalue weighted by Gasteiger charge is 2.29. The second-order valence-electron chi connectivity index (χ2n) is 5.31. The van der Waals surface area contributed by atoms with Crippen molar-refractivity contribution in [3.8, 4) is 0 Å². The monoisotopic (exact) mass is 240 g/mol. The van der Waals surface area contributed by atoms with Crippen molar-refractivity contribution in [1.29, 1.82) is 0 Å². The molecule has 0 aliphatic carbocycles. The number of hydrogen-bond acceptors (Lipinski definition) is 2. The van der Waals surface area contributed by atoms with Crippen molar-refractivity contribution in [2.24, 2.45) is 5.92 Å². The molecule has 0 saturated carbocycles. The van der Waals surface area contributed by atoms with E-state index in [1.807, 2.05) is 0 Å². The average Bonchev–Trinajstić information content (AvgIpc) is 2.40. The maximum Gasteiger partial charge on any atom is 0.226 e. The van der Waals surface area contributed by atoms with Gasteiger partial charge in [0, 0.05) is 44.9 Å². The van der Waals surface area contributed by atoms with Gasteiger partial charge in [0.2, 0.25) is 5.91 Å². The van der Waals surface area contributed by atoms with Crippen LogP contribution in [0.4, 0.5) is 0 Å². The molecule has 2 aliphatic rings. The Labute approximate surface area is 104 Å². The first-order chi connectivity index (χ1) is 8.31. The number of carbonyl (C=O) groups excluding carboxylic acids is 1. The van der Waals surface area contributed by atoms with Gasteiger partial charge in [0.05, 0.1) is 13.1 Å². The molecule has 0 aromatic carbocycles. The minimum Gasteiger partial charge on any atom is -0.346 e. The first-order valence-electron chi connectivity index (χ1n) is 7.14. The Kier molecular flexibility index (Phi) is 4.80. The molecule has 0 spiro atoms. The van der Waals surface area contributed by atoms with E-state index in [9.17, 15) is 4.79 Å². The number of rotatable bonds is 3. The molecule has 2 heterocycles. The van der Waals surface area contributed by atoms with Crippen LogP contribution in [0.25, 0.3) is 0 Å². The lowest BCUT2D eigenvalue weighted by atomic mass is 9.96. The number of quaternary nitrogens is 1. The highest BCUT2D eigenvalue weighted by molar-refractivity contribution is 5.79. The number of piperidine rings is 1. The van der Waals surface area contributed by atoms with Crippen molar-refractivity contribution in [2.45, 2.75) is 26.2 Å². The minimum absolute atomic E-state index is 0.317. The third kappa shape index (κ3) is 3.42. The largest absolute Gasteiger partial charge is 0.346 e. The van der Waals surface area contributed by atoms with Crippen LogP contribution in [-0.2, 0) is 4.79 Å². The summed E-state index contributed by atoms with van der Waals surface area (Å²) in [6.45, 7) is 9.68. The normalized spacial score (nSPS) is 23.9. The summed E-state index contributed by atoms with van der Waals surface area (Å²) < 4.78 is 0. The van der Waals surface area contributed by atoms with E-state index in [1.54, 1.807) is 0 Å². The summed E-state index contributed by atoms with van der Waals surface area (Å²) in [5.41, 5.74) is 0. The highest BCUT2D eigenvalue weighted by Crippen LogP contribution is 2.14.